The molecular formula is C16H24BrNO. The van der Waals surface area contributed by atoms with Crippen LogP contribution in [0.4, 0.5) is 0 Å². The highest BCUT2D eigenvalue weighted by Gasteiger charge is 2.23. The summed E-state index contributed by atoms with van der Waals surface area (Å²) < 4.78 is 6.69. The highest BCUT2D eigenvalue weighted by Crippen LogP contribution is 2.38. The molecule has 1 aromatic rings. The molecule has 0 aliphatic heterocycles. The lowest BCUT2D eigenvalue weighted by atomic mass is 9.88. The van der Waals surface area contributed by atoms with Crippen molar-refractivity contribution in [3.8, 4) is 5.75 Å². The summed E-state index contributed by atoms with van der Waals surface area (Å²) in [5.41, 5.74) is 10.3. The molecule has 0 fully saturated rings. The van der Waals surface area contributed by atoms with E-state index in [1.165, 1.54) is 42.4 Å². The van der Waals surface area contributed by atoms with Crippen LogP contribution in [0.1, 0.15) is 49.8 Å². The third-order valence-electron chi connectivity index (χ3n) is 3.75. The van der Waals surface area contributed by atoms with Crippen LogP contribution in [0.3, 0.4) is 0 Å². The van der Waals surface area contributed by atoms with Crippen molar-refractivity contribution < 1.29 is 4.74 Å². The second-order valence-electron chi connectivity index (χ2n) is 6.23. The first-order chi connectivity index (χ1) is 8.92. The Morgan fingerprint density at radius 1 is 1.26 bits per heavy atom. The van der Waals surface area contributed by atoms with E-state index in [1.807, 2.05) is 0 Å². The van der Waals surface area contributed by atoms with Crippen LogP contribution in [-0.4, -0.2) is 12.6 Å². The molecular weight excluding hydrogens is 302 g/mol. The molecule has 0 atom stereocenters. The van der Waals surface area contributed by atoms with Gasteiger partial charge in [0, 0.05) is 11.1 Å². The van der Waals surface area contributed by atoms with Gasteiger partial charge >= 0.3 is 0 Å². The van der Waals surface area contributed by atoms with Crippen LogP contribution in [0, 0.1) is 0 Å². The lowest BCUT2D eigenvalue weighted by molar-refractivity contribution is 0.398. The van der Waals surface area contributed by atoms with Crippen molar-refractivity contribution in [2.75, 3.05) is 7.11 Å². The van der Waals surface area contributed by atoms with Gasteiger partial charge in [0.2, 0.25) is 0 Å². The molecule has 0 saturated carbocycles. The third-order valence-corrected chi connectivity index (χ3v) is 4.34. The zero-order chi connectivity index (χ0) is 14.0. The molecule has 2 rings (SSSR count). The molecule has 0 spiro atoms. The van der Waals surface area contributed by atoms with Gasteiger partial charge in [-0.05, 0) is 79.1 Å². The quantitative estimate of drug-likeness (QED) is 0.852. The van der Waals surface area contributed by atoms with E-state index in [0.29, 0.717) is 0 Å². The van der Waals surface area contributed by atoms with Gasteiger partial charge in [-0.25, -0.2) is 0 Å². The molecule has 19 heavy (non-hydrogen) atoms. The molecule has 106 valence electrons. The summed E-state index contributed by atoms with van der Waals surface area (Å²) in [6.45, 7) is 4.16. The van der Waals surface area contributed by atoms with Crippen LogP contribution in [0.15, 0.2) is 10.5 Å². The monoisotopic (exact) mass is 325 g/mol. The summed E-state index contributed by atoms with van der Waals surface area (Å²) >= 11 is 3.65. The summed E-state index contributed by atoms with van der Waals surface area (Å²) in [5, 5.41) is 0. The minimum Gasteiger partial charge on any atom is -0.495 e. The second kappa shape index (κ2) is 5.84. The van der Waals surface area contributed by atoms with E-state index in [9.17, 15) is 0 Å². The van der Waals surface area contributed by atoms with E-state index in [4.69, 9.17) is 10.5 Å². The highest BCUT2D eigenvalue weighted by atomic mass is 79.9. The summed E-state index contributed by atoms with van der Waals surface area (Å²) in [6, 6.07) is 2.24. The van der Waals surface area contributed by atoms with E-state index in [1.54, 1.807) is 7.11 Å². The molecule has 0 unspecified atom stereocenters. The Hall–Kier alpha value is -0.540. The summed E-state index contributed by atoms with van der Waals surface area (Å²) in [4.78, 5) is 0. The van der Waals surface area contributed by atoms with Crippen molar-refractivity contribution in [1.29, 1.82) is 0 Å². The first kappa shape index (κ1) is 14.9. The maximum atomic E-state index is 6.24. The predicted octanol–water partition coefficient (Wildman–Crippen LogP) is 4.01. The minimum atomic E-state index is -0.214. The maximum Gasteiger partial charge on any atom is 0.136 e. The normalized spacial score (nSPS) is 15.8. The van der Waals surface area contributed by atoms with Crippen molar-refractivity contribution in [3.63, 3.8) is 0 Å². The molecule has 0 bridgehead atoms. The molecule has 1 aliphatic carbocycles. The van der Waals surface area contributed by atoms with Gasteiger partial charge < -0.3 is 10.5 Å². The fourth-order valence-corrected chi connectivity index (χ4v) is 3.65. The molecule has 1 aliphatic rings. The minimum absolute atomic E-state index is 0.214. The molecule has 2 N–H and O–H groups in total. The molecule has 1 aromatic carbocycles. The number of rotatable bonds is 3. The Kier molecular flexibility index (Phi) is 4.57. The Balaban J connectivity index is 2.55. The Morgan fingerprint density at radius 3 is 2.58 bits per heavy atom. The van der Waals surface area contributed by atoms with E-state index < -0.39 is 0 Å². The first-order valence-corrected chi connectivity index (χ1v) is 7.87. The number of halogens is 1. The van der Waals surface area contributed by atoms with Crippen LogP contribution in [-0.2, 0) is 19.3 Å². The van der Waals surface area contributed by atoms with Crippen LogP contribution in [0.25, 0.3) is 0 Å². The molecule has 0 heterocycles. The first-order valence-electron chi connectivity index (χ1n) is 7.08. The number of methoxy groups -OCH3 is 1. The van der Waals surface area contributed by atoms with Gasteiger partial charge in [0.15, 0.2) is 0 Å². The van der Waals surface area contributed by atoms with Crippen LogP contribution in [0.5, 0.6) is 5.75 Å². The van der Waals surface area contributed by atoms with Gasteiger partial charge in [-0.3, -0.25) is 0 Å². The van der Waals surface area contributed by atoms with Crippen molar-refractivity contribution >= 4 is 15.9 Å². The SMILES string of the molecule is COc1c(Br)cc2c(c1CC(C)(C)N)CCCCC2. The number of nitrogens with two attached hydrogens (primary N) is 1. The molecule has 0 aromatic heterocycles. The van der Waals surface area contributed by atoms with E-state index >= 15 is 0 Å². The number of ether oxygens (including phenoxy) is 1. The molecule has 2 nitrogen and oxygen atoms in total. The summed E-state index contributed by atoms with van der Waals surface area (Å²) in [7, 11) is 1.75. The lowest BCUT2D eigenvalue weighted by Gasteiger charge is -2.24. The lowest BCUT2D eigenvalue weighted by Crippen LogP contribution is -2.35. The van der Waals surface area contributed by atoms with Crippen LogP contribution < -0.4 is 10.5 Å². The van der Waals surface area contributed by atoms with Crippen molar-refractivity contribution in [1.82, 2.24) is 0 Å². The number of hydrogen-bond donors (Lipinski definition) is 1. The van der Waals surface area contributed by atoms with Gasteiger partial charge in [0.05, 0.1) is 11.6 Å². The highest BCUT2D eigenvalue weighted by molar-refractivity contribution is 9.10. The van der Waals surface area contributed by atoms with Crippen LogP contribution >= 0.6 is 15.9 Å². The van der Waals surface area contributed by atoms with Crippen molar-refractivity contribution in [2.45, 2.75) is 57.9 Å². The zero-order valence-electron chi connectivity index (χ0n) is 12.2. The number of fused-ring (bicyclic) bond motifs is 1. The van der Waals surface area contributed by atoms with E-state index in [-0.39, 0.29) is 5.54 Å². The molecule has 0 radical (unpaired) electrons. The fourth-order valence-electron chi connectivity index (χ4n) is 2.97. The smallest absolute Gasteiger partial charge is 0.136 e. The second-order valence-corrected chi connectivity index (χ2v) is 7.09. The van der Waals surface area contributed by atoms with Gasteiger partial charge in [-0.1, -0.05) is 6.42 Å². The largest absolute Gasteiger partial charge is 0.495 e. The molecule has 0 saturated heterocycles. The number of benzene rings is 1. The van der Waals surface area contributed by atoms with Gasteiger partial charge in [0.25, 0.3) is 0 Å². The average Bonchev–Trinajstić information content (AvgIpc) is 2.52. The predicted molar refractivity (Wildman–Crippen MR) is 83.9 cm³/mol. The number of hydrogen-bond acceptors (Lipinski definition) is 2. The summed E-state index contributed by atoms with van der Waals surface area (Å²) in [6.07, 6.45) is 7.07. The van der Waals surface area contributed by atoms with Gasteiger partial charge in [-0.15, -0.1) is 0 Å². The topological polar surface area (TPSA) is 35.2 Å². The summed E-state index contributed by atoms with van der Waals surface area (Å²) in [5.74, 6) is 0.971. The van der Waals surface area contributed by atoms with E-state index in [0.717, 1.165) is 23.1 Å². The Bertz CT molecular complexity index is 463. The zero-order valence-corrected chi connectivity index (χ0v) is 13.8. The number of aryl methyl sites for hydroxylation is 1. The Morgan fingerprint density at radius 2 is 1.95 bits per heavy atom. The molecule has 3 heteroatoms. The van der Waals surface area contributed by atoms with Crippen molar-refractivity contribution in [3.05, 3.63) is 27.2 Å². The fraction of sp³-hybridized carbons (Fsp3) is 0.625. The van der Waals surface area contributed by atoms with Gasteiger partial charge in [-0.2, -0.15) is 0 Å². The Labute approximate surface area is 124 Å². The average molecular weight is 326 g/mol. The van der Waals surface area contributed by atoms with Gasteiger partial charge in [0.1, 0.15) is 5.75 Å². The van der Waals surface area contributed by atoms with E-state index in [2.05, 4.69) is 35.8 Å². The van der Waals surface area contributed by atoms with Crippen molar-refractivity contribution in [2.24, 2.45) is 5.73 Å². The third kappa shape index (κ3) is 3.51. The standard InChI is InChI=1S/C16H24BrNO/c1-16(2,18)10-13-12-8-6-4-5-7-11(12)9-14(17)15(13)19-3/h9H,4-8,10,18H2,1-3H3. The maximum absolute atomic E-state index is 6.24. The molecule has 0 amide bonds. The van der Waals surface area contributed by atoms with Crippen LogP contribution in [0.2, 0.25) is 0 Å².